The van der Waals surface area contributed by atoms with E-state index in [2.05, 4.69) is 25.5 Å². The lowest BCUT2D eigenvalue weighted by Crippen LogP contribution is -1.95. The highest BCUT2D eigenvalue weighted by Crippen LogP contribution is 1.83. The van der Waals surface area contributed by atoms with Crippen molar-refractivity contribution in [1.82, 2.24) is 0 Å². The summed E-state index contributed by atoms with van der Waals surface area (Å²) in [6.45, 7) is 0.487. The molecule has 3 nitrogen and oxygen atoms in total. The first-order valence-corrected chi connectivity index (χ1v) is 2.17. The molecule has 44 valence electrons. The van der Waals surface area contributed by atoms with E-state index in [9.17, 15) is 0 Å². The second-order valence-corrected chi connectivity index (χ2v) is 1.04. The van der Waals surface area contributed by atoms with E-state index < -0.39 is 0 Å². The maximum absolute atomic E-state index is 4.76. The minimum Gasteiger partial charge on any atom is -0.277 e. The van der Waals surface area contributed by atoms with Crippen LogP contribution in [-0.2, 0) is 13.6 Å². The smallest absolute Gasteiger partial charge is 0.109 e. The molecule has 5 heteroatoms. The molecule has 0 aromatic carbocycles. The van der Waals surface area contributed by atoms with Gasteiger partial charge in [-0.3, -0.25) is 4.29 Å². The van der Waals surface area contributed by atoms with Crippen LogP contribution in [0.5, 0.6) is 0 Å². The van der Waals surface area contributed by atoms with Gasteiger partial charge in [0.25, 0.3) is 0 Å². The van der Waals surface area contributed by atoms with E-state index in [1.807, 2.05) is 0 Å². The van der Waals surface area contributed by atoms with E-state index in [-0.39, 0.29) is 13.2 Å². The Labute approximate surface area is 51.3 Å². The lowest BCUT2D eigenvalue weighted by atomic mass is 10.8. The van der Waals surface area contributed by atoms with Crippen LogP contribution < -0.4 is 0 Å². The lowest BCUT2D eigenvalue weighted by Gasteiger charge is -1.90. The largest absolute Gasteiger partial charge is 0.277 e. The summed E-state index contributed by atoms with van der Waals surface area (Å²) in [6, 6.07) is 0. The molecule has 0 spiro atoms. The average molecular weight is 147 g/mol. The molecular weight excluding hydrogens is 143 g/mol. The molecule has 0 radical (unpaired) electrons. The zero-order valence-corrected chi connectivity index (χ0v) is 4.91. The van der Waals surface area contributed by atoms with Crippen LogP contribution in [0.1, 0.15) is 0 Å². The third-order valence-corrected chi connectivity index (χ3v) is 0.532. The number of hydrogen-bond donors (Lipinski definition) is 0. The number of rotatable bonds is 4. The summed E-state index contributed by atoms with van der Waals surface area (Å²) >= 11 is 9.38. The second kappa shape index (κ2) is 6.46. The van der Waals surface area contributed by atoms with Crippen LogP contribution in [0.15, 0.2) is 0 Å². The third-order valence-electron chi connectivity index (χ3n) is 0.288. The Balaban J connectivity index is 2.45. The predicted molar refractivity (Wildman–Crippen MR) is 24.7 cm³/mol. The quantitative estimate of drug-likeness (QED) is 0.340. The van der Waals surface area contributed by atoms with E-state index in [0.29, 0.717) is 0 Å². The first-order valence-electron chi connectivity index (χ1n) is 1.55. The summed E-state index contributed by atoms with van der Waals surface area (Å²) in [4.78, 5) is 4.13. The van der Waals surface area contributed by atoms with E-state index in [0.717, 1.165) is 0 Å². The molecule has 0 aromatic rings. The van der Waals surface area contributed by atoms with Crippen LogP contribution >= 0.6 is 23.7 Å². The molecule has 0 saturated heterocycles. The fourth-order valence-electron chi connectivity index (χ4n) is 0.0970. The minimum absolute atomic E-state index is 0.229. The maximum atomic E-state index is 4.76. The molecule has 0 aliphatic rings. The van der Waals surface area contributed by atoms with Crippen molar-refractivity contribution in [3.8, 4) is 0 Å². The molecule has 0 amide bonds. The summed E-state index contributed by atoms with van der Waals surface area (Å²) < 4.78 is 7.73. The molecule has 0 rings (SSSR count). The Hall–Kier alpha value is 0.460. The standard InChI is InChI=1S/C2H4Cl2O3/c3-5-1-2-6-7-4/h1-2H2. The molecule has 0 fully saturated rings. The third kappa shape index (κ3) is 6.46. The molecule has 0 N–H and O–H groups in total. The molecule has 7 heavy (non-hydrogen) atoms. The van der Waals surface area contributed by atoms with Gasteiger partial charge < -0.3 is 0 Å². The zero-order valence-electron chi connectivity index (χ0n) is 3.39. The highest BCUT2D eigenvalue weighted by atomic mass is 35.5. The van der Waals surface area contributed by atoms with Crippen molar-refractivity contribution in [1.29, 1.82) is 0 Å². The maximum Gasteiger partial charge on any atom is 0.109 e. The lowest BCUT2D eigenvalue weighted by molar-refractivity contribution is -0.206. The van der Waals surface area contributed by atoms with Gasteiger partial charge in [0.2, 0.25) is 0 Å². The minimum atomic E-state index is 0.229. The fraction of sp³-hybridized carbons (Fsp3) is 1.00. The van der Waals surface area contributed by atoms with Crippen LogP contribution in [-0.4, -0.2) is 13.2 Å². The van der Waals surface area contributed by atoms with Crippen molar-refractivity contribution in [2.24, 2.45) is 0 Å². The Morgan fingerprint density at radius 3 is 2.29 bits per heavy atom. The van der Waals surface area contributed by atoms with Gasteiger partial charge in [-0.15, -0.1) is 4.44 Å². The van der Waals surface area contributed by atoms with Crippen LogP contribution in [0.3, 0.4) is 0 Å². The summed E-state index contributed by atoms with van der Waals surface area (Å²) in [7, 11) is 0. The number of halogens is 2. The van der Waals surface area contributed by atoms with Crippen molar-refractivity contribution >= 4 is 23.7 Å². The van der Waals surface area contributed by atoms with Crippen LogP contribution in [0.4, 0.5) is 0 Å². The Kier molecular flexibility index (Phi) is 6.88. The van der Waals surface area contributed by atoms with Gasteiger partial charge in [0.15, 0.2) is 0 Å². The van der Waals surface area contributed by atoms with Gasteiger partial charge in [-0.05, 0) is 0 Å². The normalized spacial score (nSPS) is 9.43. The topological polar surface area (TPSA) is 27.7 Å². The molecule has 0 heterocycles. The van der Waals surface area contributed by atoms with Crippen LogP contribution in [0, 0.1) is 0 Å². The Morgan fingerprint density at radius 1 is 1.14 bits per heavy atom. The van der Waals surface area contributed by atoms with Crippen LogP contribution in [0.25, 0.3) is 0 Å². The average Bonchev–Trinajstić information content (AvgIpc) is 1.69. The Morgan fingerprint density at radius 2 is 1.86 bits per heavy atom. The highest BCUT2D eigenvalue weighted by molar-refractivity contribution is 6.07. The van der Waals surface area contributed by atoms with Gasteiger partial charge in [-0.1, -0.05) is 0 Å². The molecule has 0 saturated carbocycles. The SMILES string of the molecule is ClOCCOOCl. The van der Waals surface area contributed by atoms with E-state index >= 15 is 0 Å². The van der Waals surface area contributed by atoms with Gasteiger partial charge in [0, 0.05) is 0 Å². The first-order chi connectivity index (χ1) is 3.41. The molecular formula is C2H4Cl2O3. The fourth-order valence-corrected chi connectivity index (χ4v) is 0.223. The number of hydrogen-bond acceptors (Lipinski definition) is 3. The summed E-state index contributed by atoms with van der Waals surface area (Å²) in [6.07, 6.45) is 0. The molecule has 0 aliphatic carbocycles. The van der Waals surface area contributed by atoms with Crippen molar-refractivity contribution in [2.75, 3.05) is 13.2 Å². The molecule has 0 aromatic heterocycles. The first kappa shape index (κ1) is 7.46. The summed E-state index contributed by atoms with van der Waals surface area (Å²) in [5.74, 6) is 0. The second-order valence-electron chi connectivity index (χ2n) is 0.698. The van der Waals surface area contributed by atoms with Gasteiger partial charge in [0.05, 0.1) is 30.3 Å². The van der Waals surface area contributed by atoms with Crippen molar-refractivity contribution in [3.63, 3.8) is 0 Å². The van der Waals surface area contributed by atoms with Gasteiger partial charge in [-0.25, -0.2) is 4.89 Å². The Bertz CT molecular complexity index is 30.1. The van der Waals surface area contributed by atoms with Crippen molar-refractivity contribution in [2.45, 2.75) is 0 Å². The molecule has 0 bridgehead atoms. The summed E-state index contributed by atoms with van der Waals surface area (Å²) in [5, 5.41) is 0. The molecule has 0 aliphatic heterocycles. The monoisotopic (exact) mass is 146 g/mol. The summed E-state index contributed by atoms with van der Waals surface area (Å²) in [5.41, 5.74) is 0. The van der Waals surface area contributed by atoms with E-state index in [1.54, 1.807) is 0 Å². The molecule has 0 unspecified atom stereocenters. The van der Waals surface area contributed by atoms with Crippen LogP contribution in [0.2, 0.25) is 0 Å². The van der Waals surface area contributed by atoms with E-state index in [4.69, 9.17) is 11.9 Å². The highest BCUT2D eigenvalue weighted by Gasteiger charge is 1.82. The molecule has 0 atom stereocenters. The van der Waals surface area contributed by atoms with Gasteiger partial charge >= 0.3 is 0 Å². The van der Waals surface area contributed by atoms with Gasteiger partial charge in [0.1, 0.15) is 6.61 Å². The van der Waals surface area contributed by atoms with E-state index in [1.165, 1.54) is 0 Å². The predicted octanol–water partition coefficient (Wildman–Crippen LogP) is 1.26. The van der Waals surface area contributed by atoms with Crippen molar-refractivity contribution < 1.29 is 13.6 Å². The van der Waals surface area contributed by atoms with Gasteiger partial charge in [-0.2, -0.15) is 0 Å². The zero-order chi connectivity index (χ0) is 5.54. The van der Waals surface area contributed by atoms with Crippen molar-refractivity contribution in [3.05, 3.63) is 0 Å².